The van der Waals surface area contributed by atoms with Gasteiger partial charge in [0.05, 0.1) is 5.56 Å². The van der Waals surface area contributed by atoms with Crippen LogP contribution in [0.25, 0.3) is 0 Å². The van der Waals surface area contributed by atoms with E-state index >= 15 is 0 Å². The van der Waals surface area contributed by atoms with E-state index in [1.165, 1.54) is 12.1 Å². The molecular weight excluding hydrogens is 301 g/mol. The molecule has 0 radical (unpaired) electrons. The first-order valence-corrected chi connectivity index (χ1v) is 6.59. The van der Waals surface area contributed by atoms with Crippen LogP contribution in [0.2, 0.25) is 0 Å². The normalized spacial score (nSPS) is 14.1. The highest BCUT2D eigenvalue weighted by molar-refractivity contribution is 9.10. The van der Waals surface area contributed by atoms with Gasteiger partial charge in [0.2, 0.25) is 0 Å². The van der Waals surface area contributed by atoms with Gasteiger partial charge in [0.1, 0.15) is 5.82 Å². The molecule has 5 heteroatoms. The summed E-state index contributed by atoms with van der Waals surface area (Å²) >= 11 is 3.21. The van der Waals surface area contributed by atoms with Crippen LogP contribution in [0.15, 0.2) is 22.7 Å². The van der Waals surface area contributed by atoms with E-state index in [0.29, 0.717) is 17.3 Å². The Morgan fingerprint density at radius 3 is 2.78 bits per heavy atom. The van der Waals surface area contributed by atoms with Crippen LogP contribution >= 0.6 is 15.9 Å². The van der Waals surface area contributed by atoms with Gasteiger partial charge < -0.3 is 10.4 Å². The molecule has 1 atom stereocenters. The third kappa shape index (κ3) is 3.78. The fourth-order valence-electron chi connectivity index (χ4n) is 1.59. The van der Waals surface area contributed by atoms with Crippen molar-refractivity contribution in [3.05, 3.63) is 34.1 Å². The molecule has 0 aliphatic rings. The summed E-state index contributed by atoms with van der Waals surface area (Å²) in [5.74, 6) is -1.02. The highest BCUT2D eigenvalue weighted by atomic mass is 79.9. The molecule has 1 aromatic rings. The summed E-state index contributed by atoms with van der Waals surface area (Å²) in [7, 11) is 0. The maximum atomic E-state index is 13.6. The number of benzene rings is 1. The van der Waals surface area contributed by atoms with Crippen molar-refractivity contribution < 1.29 is 14.3 Å². The molecular formula is C13H17BrFNO2. The monoisotopic (exact) mass is 317 g/mol. The minimum absolute atomic E-state index is 0.00184. The number of amides is 1. The predicted molar refractivity (Wildman–Crippen MR) is 72.0 cm³/mol. The molecule has 0 aliphatic heterocycles. The van der Waals surface area contributed by atoms with E-state index in [2.05, 4.69) is 21.2 Å². The number of carbonyl (C=O) groups is 1. The molecule has 100 valence electrons. The quantitative estimate of drug-likeness (QED) is 0.877. The standard InChI is InChI=1S/C13H17BrFNO2/c1-3-13(2,6-7-17)16-12(18)10-8-9(14)4-5-11(10)15/h4-5,8,17H,3,6-7H2,1-2H3,(H,16,18). The maximum absolute atomic E-state index is 13.6. The van der Waals surface area contributed by atoms with E-state index in [1.54, 1.807) is 6.07 Å². The zero-order chi connectivity index (χ0) is 13.8. The van der Waals surface area contributed by atoms with Crippen molar-refractivity contribution in [1.29, 1.82) is 0 Å². The van der Waals surface area contributed by atoms with Crippen molar-refractivity contribution >= 4 is 21.8 Å². The SMILES string of the molecule is CCC(C)(CCO)NC(=O)c1cc(Br)ccc1F. The lowest BCUT2D eigenvalue weighted by molar-refractivity contribution is 0.0882. The van der Waals surface area contributed by atoms with Gasteiger partial charge in [0.25, 0.3) is 5.91 Å². The van der Waals surface area contributed by atoms with Crippen LogP contribution in [0.5, 0.6) is 0 Å². The summed E-state index contributed by atoms with van der Waals surface area (Å²) in [5, 5.41) is 11.8. The van der Waals surface area contributed by atoms with Crippen LogP contribution in [-0.2, 0) is 0 Å². The molecule has 1 rings (SSSR count). The lowest BCUT2D eigenvalue weighted by Gasteiger charge is -2.29. The summed E-state index contributed by atoms with van der Waals surface area (Å²) in [6.07, 6.45) is 1.10. The largest absolute Gasteiger partial charge is 0.396 e. The molecule has 18 heavy (non-hydrogen) atoms. The Kier molecular flexibility index (Phi) is 5.28. The van der Waals surface area contributed by atoms with Crippen LogP contribution in [-0.4, -0.2) is 23.2 Å². The van der Waals surface area contributed by atoms with Crippen molar-refractivity contribution in [2.24, 2.45) is 0 Å². The highest BCUT2D eigenvalue weighted by Crippen LogP contribution is 2.19. The Bertz CT molecular complexity index is 439. The minimum atomic E-state index is -0.557. The number of nitrogens with one attached hydrogen (secondary N) is 1. The topological polar surface area (TPSA) is 49.3 Å². The van der Waals surface area contributed by atoms with E-state index in [4.69, 9.17) is 5.11 Å². The summed E-state index contributed by atoms with van der Waals surface area (Å²) in [6.45, 7) is 3.72. The number of hydrogen-bond acceptors (Lipinski definition) is 2. The van der Waals surface area contributed by atoms with E-state index in [9.17, 15) is 9.18 Å². The molecule has 0 heterocycles. The Hall–Kier alpha value is -0.940. The van der Waals surface area contributed by atoms with E-state index in [1.807, 2.05) is 13.8 Å². The van der Waals surface area contributed by atoms with Crippen LogP contribution < -0.4 is 5.32 Å². The summed E-state index contributed by atoms with van der Waals surface area (Å²) in [4.78, 5) is 12.0. The predicted octanol–water partition coefficient (Wildman–Crippen LogP) is 2.87. The van der Waals surface area contributed by atoms with Gasteiger partial charge in [0.15, 0.2) is 0 Å². The Labute approximate surface area is 115 Å². The number of aliphatic hydroxyl groups excluding tert-OH is 1. The molecule has 1 aromatic carbocycles. The lowest BCUT2D eigenvalue weighted by atomic mass is 9.94. The van der Waals surface area contributed by atoms with Crippen LogP contribution in [0.4, 0.5) is 4.39 Å². The van der Waals surface area contributed by atoms with Crippen molar-refractivity contribution in [1.82, 2.24) is 5.32 Å². The summed E-state index contributed by atoms with van der Waals surface area (Å²) < 4.78 is 14.2. The number of aliphatic hydroxyl groups is 1. The van der Waals surface area contributed by atoms with E-state index in [-0.39, 0.29) is 12.2 Å². The Morgan fingerprint density at radius 2 is 2.22 bits per heavy atom. The molecule has 1 unspecified atom stereocenters. The molecule has 0 aliphatic carbocycles. The molecule has 0 bridgehead atoms. The second kappa shape index (κ2) is 6.29. The lowest BCUT2D eigenvalue weighted by Crippen LogP contribution is -2.46. The van der Waals surface area contributed by atoms with Crippen LogP contribution in [0.3, 0.4) is 0 Å². The average molecular weight is 318 g/mol. The van der Waals surface area contributed by atoms with Gasteiger partial charge in [-0.15, -0.1) is 0 Å². The Morgan fingerprint density at radius 1 is 1.56 bits per heavy atom. The fourth-order valence-corrected chi connectivity index (χ4v) is 1.95. The number of hydrogen-bond donors (Lipinski definition) is 2. The van der Waals surface area contributed by atoms with Crippen molar-refractivity contribution in [3.63, 3.8) is 0 Å². The molecule has 0 saturated heterocycles. The zero-order valence-corrected chi connectivity index (χ0v) is 12.1. The van der Waals surface area contributed by atoms with Gasteiger partial charge in [-0.2, -0.15) is 0 Å². The zero-order valence-electron chi connectivity index (χ0n) is 10.5. The van der Waals surface area contributed by atoms with Gasteiger partial charge in [-0.1, -0.05) is 22.9 Å². The first kappa shape index (κ1) is 15.1. The molecule has 0 saturated carbocycles. The van der Waals surface area contributed by atoms with Gasteiger partial charge in [-0.25, -0.2) is 4.39 Å². The van der Waals surface area contributed by atoms with Gasteiger partial charge >= 0.3 is 0 Å². The molecule has 0 spiro atoms. The van der Waals surface area contributed by atoms with E-state index in [0.717, 1.165) is 0 Å². The van der Waals surface area contributed by atoms with Crippen LogP contribution in [0, 0.1) is 5.82 Å². The average Bonchev–Trinajstić information content (AvgIpc) is 2.32. The van der Waals surface area contributed by atoms with Crippen molar-refractivity contribution in [3.8, 4) is 0 Å². The second-order valence-corrected chi connectivity index (χ2v) is 5.38. The molecule has 2 N–H and O–H groups in total. The summed E-state index contributed by atoms with van der Waals surface area (Å²) in [6, 6.07) is 4.23. The molecule has 0 aromatic heterocycles. The van der Waals surface area contributed by atoms with Gasteiger partial charge in [-0.05, 0) is 38.0 Å². The van der Waals surface area contributed by atoms with Crippen LogP contribution in [0.1, 0.15) is 37.0 Å². The fraction of sp³-hybridized carbons (Fsp3) is 0.462. The first-order chi connectivity index (χ1) is 8.41. The van der Waals surface area contributed by atoms with Crippen molar-refractivity contribution in [2.45, 2.75) is 32.2 Å². The number of carbonyl (C=O) groups excluding carboxylic acids is 1. The summed E-state index contributed by atoms with van der Waals surface area (Å²) in [5.41, 5.74) is -0.525. The molecule has 1 amide bonds. The van der Waals surface area contributed by atoms with E-state index < -0.39 is 17.3 Å². The third-order valence-corrected chi connectivity index (χ3v) is 3.53. The Balaban J connectivity index is 2.90. The van der Waals surface area contributed by atoms with Gasteiger partial charge in [0, 0.05) is 16.6 Å². The molecule has 0 fully saturated rings. The number of rotatable bonds is 5. The second-order valence-electron chi connectivity index (χ2n) is 4.47. The van der Waals surface area contributed by atoms with Gasteiger partial charge in [-0.3, -0.25) is 4.79 Å². The third-order valence-electron chi connectivity index (χ3n) is 3.03. The first-order valence-electron chi connectivity index (χ1n) is 5.80. The highest BCUT2D eigenvalue weighted by Gasteiger charge is 2.25. The van der Waals surface area contributed by atoms with Crippen molar-refractivity contribution in [2.75, 3.05) is 6.61 Å². The minimum Gasteiger partial charge on any atom is -0.396 e. The number of halogens is 2. The molecule has 3 nitrogen and oxygen atoms in total. The maximum Gasteiger partial charge on any atom is 0.254 e. The smallest absolute Gasteiger partial charge is 0.254 e.